The van der Waals surface area contributed by atoms with E-state index in [4.69, 9.17) is 0 Å². The number of benzene rings is 1. The van der Waals surface area contributed by atoms with Crippen LogP contribution in [0.25, 0.3) is 0 Å². The predicted octanol–water partition coefficient (Wildman–Crippen LogP) is 4.36. The van der Waals surface area contributed by atoms with Crippen molar-refractivity contribution in [3.05, 3.63) is 34.4 Å². The first-order valence-electron chi connectivity index (χ1n) is 7.14. The molecule has 104 valence electrons. The van der Waals surface area contributed by atoms with E-state index in [9.17, 15) is 9.90 Å². The second kappa shape index (κ2) is 4.99. The third-order valence-corrected chi connectivity index (χ3v) is 4.64. The third kappa shape index (κ3) is 2.68. The van der Waals surface area contributed by atoms with E-state index in [0.717, 1.165) is 25.7 Å². The molecule has 1 saturated carbocycles. The third-order valence-electron chi connectivity index (χ3n) is 4.64. The molecule has 0 aromatic heterocycles. The molecule has 0 saturated heterocycles. The fourth-order valence-electron chi connectivity index (χ4n) is 3.76. The summed E-state index contributed by atoms with van der Waals surface area (Å²) in [5.41, 5.74) is 4.76. The summed E-state index contributed by atoms with van der Waals surface area (Å²) in [4.78, 5) is 11.5. The van der Waals surface area contributed by atoms with Crippen LogP contribution in [0.3, 0.4) is 0 Å². The number of aliphatic carboxylic acids is 1. The molecule has 1 aromatic carbocycles. The molecule has 2 rings (SSSR count). The molecule has 0 bridgehead atoms. The van der Waals surface area contributed by atoms with Crippen LogP contribution >= 0.6 is 0 Å². The Morgan fingerprint density at radius 2 is 1.84 bits per heavy atom. The van der Waals surface area contributed by atoms with E-state index in [1.807, 2.05) is 6.92 Å². The van der Waals surface area contributed by atoms with E-state index < -0.39 is 11.4 Å². The number of carboxylic acids is 1. The Hall–Kier alpha value is -1.31. The SMILES string of the molecule is Cc1cc(C)c(C2CCCC(C)(C(=O)O)C2)c(C)c1. The fourth-order valence-corrected chi connectivity index (χ4v) is 3.76. The van der Waals surface area contributed by atoms with Crippen molar-refractivity contribution in [2.75, 3.05) is 0 Å². The van der Waals surface area contributed by atoms with Crippen molar-refractivity contribution in [2.24, 2.45) is 5.41 Å². The Labute approximate surface area is 115 Å². The van der Waals surface area contributed by atoms with Gasteiger partial charge in [-0.3, -0.25) is 4.79 Å². The molecule has 1 aliphatic rings. The van der Waals surface area contributed by atoms with Crippen molar-refractivity contribution in [2.45, 2.75) is 59.3 Å². The zero-order chi connectivity index (χ0) is 14.2. The number of aryl methyl sites for hydroxylation is 3. The van der Waals surface area contributed by atoms with Crippen molar-refractivity contribution in [1.82, 2.24) is 0 Å². The van der Waals surface area contributed by atoms with Gasteiger partial charge in [0.05, 0.1) is 5.41 Å². The molecule has 0 aliphatic heterocycles. The highest BCUT2D eigenvalue weighted by atomic mass is 16.4. The lowest BCUT2D eigenvalue weighted by molar-refractivity contribution is -0.150. The molecular weight excluding hydrogens is 236 g/mol. The van der Waals surface area contributed by atoms with Crippen LogP contribution in [0.1, 0.15) is 60.8 Å². The molecular formula is C17H24O2. The van der Waals surface area contributed by atoms with Crippen molar-refractivity contribution < 1.29 is 9.90 Å². The quantitative estimate of drug-likeness (QED) is 0.857. The monoisotopic (exact) mass is 260 g/mol. The number of carboxylic acid groups (broad SMARTS) is 1. The number of hydrogen-bond donors (Lipinski definition) is 1. The lowest BCUT2D eigenvalue weighted by Crippen LogP contribution is -2.33. The maximum atomic E-state index is 11.5. The molecule has 2 heteroatoms. The van der Waals surface area contributed by atoms with Gasteiger partial charge in [-0.05, 0) is 69.6 Å². The van der Waals surface area contributed by atoms with Crippen LogP contribution in [-0.2, 0) is 4.79 Å². The molecule has 1 N–H and O–H groups in total. The maximum Gasteiger partial charge on any atom is 0.309 e. The van der Waals surface area contributed by atoms with Crippen LogP contribution in [0.5, 0.6) is 0 Å². The average Bonchev–Trinajstić information content (AvgIpc) is 2.27. The summed E-state index contributed by atoms with van der Waals surface area (Å²) in [6.45, 7) is 8.33. The molecule has 19 heavy (non-hydrogen) atoms. The molecule has 2 nitrogen and oxygen atoms in total. The molecule has 0 amide bonds. The van der Waals surface area contributed by atoms with Crippen LogP contribution in [0, 0.1) is 26.2 Å². The van der Waals surface area contributed by atoms with Gasteiger partial charge in [-0.25, -0.2) is 0 Å². The van der Waals surface area contributed by atoms with Gasteiger partial charge in [-0.1, -0.05) is 24.1 Å². The first-order valence-corrected chi connectivity index (χ1v) is 7.14. The van der Waals surface area contributed by atoms with Gasteiger partial charge >= 0.3 is 5.97 Å². The summed E-state index contributed by atoms with van der Waals surface area (Å²) < 4.78 is 0. The van der Waals surface area contributed by atoms with E-state index >= 15 is 0 Å². The topological polar surface area (TPSA) is 37.3 Å². The molecule has 0 heterocycles. The molecule has 1 fully saturated rings. The Balaban J connectivity index is 2.35. The first kappa shape index (κ1) is 14.1. The van der Waals surface area contributed by atoms with Crippen molar-refractivity contribution in [3.8, 4) is 0 Å². The van der Waals surface area contributed by atoms with Crippen molar-refractivity contribution in [1.29, 1.82) is 0 Å². The molecule has 1 aliphatic carbocycles. The standard InChI is InChI=1S/C17H24O2/c1-11-8-12(2)15(13(3)9-11)14-6-5-7-17(4,10-14)16(18)19/h8-9,14H,5-7,10H2,1-4H3,(H,18,19). The predicted molar refractivity (Wildman–Crippen MR) is 77.6 cm³/mol. The minimum absolute atomic E-state index is 0.399. The van der Waals surface area contributed by atoms with Gasteiger partial charge in [0.1, 0.15) is 0 Å². The van der Waals surface area contributed by atoms with Crippen molar-refractivity contribution in [3.63, 3.8) is 0 Å². The van der Waals surface area contributed by atoms with Gasteiger partial charge < -0.3 is 5.11 Å². The highest BCUT2D eigenvalue weighted by molar-refractivity contribution is 5.74. The summed E-state index contributed by atoms with van der Waals surface area (Å²) in [7, 11) is 0. The molecule has 0 radical (unpaired) electrons. The van der Waals surface area contributed by atoms with Crippen LogP contribution in [0.2, 0.25) is 0 Å². The van der Waals surface area contributed by atoms with Gasteiger partial charge in [0.2, 0.25) is 0 Å². The summed E-state index contributed by atoms with van der Waals surface area (Å²) in [5, 5.41) is 9.44. The van der Waals surface area contributed by atoms with Crippen LogP contribution in [0.4, 0.5) is 0 Å². The largest absolute Gasteiger partial charge is 0.481 e. The van der Waals surface area contributed by atoms with E-state index in [2.05, 4.69) is 32.9 Å². The van der Waals surface area contributed by atoms with Crippen molar-refractivity contribution >= 4 is 5.97 Å². The van der Waals surface area contributed by atoms with Gasteiger partial charge in [-0.15, -0.1) is 0 Å². The Morgan fingerprint density at radius 1 is 1.26 bits per heavy atom. The number of rotatable bonds is 2. The van der Waals surface area contributed by atoms with E-state index in [1.165, 1.54) is 22.3 Å². The zero-order valence-electron chi connectivity index (χ0n) is 12.4. The van der Waals surface area contributed by atoms with Crippen LogP contribution in [0.15, 0.2) is 12.1 Å². The normalized spacial score (nSPS) is 27.3. The Bertz CT molecular complexity index is 481. The minimum Gasteiger partial charge on any atom is -0.481 e. The van der Waals surface area contributed by atoms with E-state index in [1.54, 1.807) is 0 Å². The first-order chi connectivity index (χ1) is 8.83. The Morgan fingerprint density at radius 3 is 2.37 bits per heavy atom. The molecule has 0 spiro atoms. The summed E-state index contributed by atoms with van der Waals surface area (Å²) in [5.74, 6) is -0.241. The number of hydrogen-bond acceptors (Lipinski definition) is 1. The summed E-state index contributed by atoms with van der Waals surface area (Å²) >= 11 is 0. The highest BCUT2D eigenvalue weighted by Crippen LogP contribution is 2.45. The molecule has 1 aromatic rings. The average molecular weight is 260 g/mol. The molecule has 2 atom stereocenters. The maximum absolute atomic E-state index is 11.5. The minimum atomic E-state index is -0.639. The fraction of sp³-hybridized carbons (Fsp3) is 0.588. The summed E-state index contributed by atoms with van der Waals surface area (Å²) in [6, 6.07) is 4.43. The second-order valence-electron chi connectivity index (χ2n) is 6.47. The lowest BCUT2D eigenvalue weighted by Gasteiger charge is -2.36. The Kier molecular flexibility index (Phi) is 3.71. The van der Waals surface area contributed by atoms with E-state index in [-0.39, 0.29) is 0 Å². The summed E-state index contributed by atoms with van der Waals surface area (Å²) in [6.07, 6.45) is 3.71. The number of carbonyl (C=O) groups is 1. The lowest BCUT2D eigenvalue weighted by atomic mass is 9.68. The molecule has 2 unspecified atom stereocenters. The van der Waals surface area contributed by atoms with E-state index in [0.29, 0.717) is 5.92 Å². The van der Waals surface area contributed by atoms with Crippen LogP contribution < -0.4 is 0 Å². The van der Waals surface area contributed by atoms with Gasteiger partial charge in [0, 0.05) is 0 Å². The smallest absolute Gasteiger partial charge is 0.309 e. The zero-order valence-corrected chi connectivity index (χ0v) is 12.4. The van der Waals surface area contributed by atoms with Gasteiger partial charge in [0.15, 0.2) is 0 Å². The van der Waals surface area contributed by atoms with Crippen LogP contribution in [-0.4, -0.2) is 11.1 Å². The van der Waals surface area contributed by atoms with Gasteiger partial charge in [0.25, 0.3) is 0 Å². The highest BCUT2D eigenvalue weighted by Gasteiger charge is 2.39. The second-order valence-corrected chi connectivity index (χ2v) is 6.47. The van der Waals surface area contributed by atoms with Gasteiger partial charge in [-0.2, -0.15) is 0 Å².